The number of hydrogen-bond donors (Lipinski definition) is 3. The van der Waals surface area contributed by atoms with Crippen molar-refractivity contribution in [3.05, 3.63) is 30.5 Å². The molecule has 0 saturated heterocycles. The highest BCUT2D eigenvalue weighted by molar-refractivity contribution is 7.90. The number of nitrogens with one attached hydrogen (secondary N) is 3. The Labute approximate surface area is 157 Å². The van der Waals surface area contributed by atoms with Gasteiger partial charge in [-0.1, -0.05) is 0 Å². The summed E-state index contributed by atoms with van der Waals surface area (Å²) in [6, 6.07) is 6.60. The summed E-state index contributed by atoms with van der Waals surface area (Å²) >= 11 is 0. The first-order valence-corrected chi connectivity index (χ1v) is 10.6. The zero-order chi connectivity index (χ0) is 19.0. The normalized spacial score (nSPS) is 14.3. The van der Waals surface area contributed by atoms with Crippen LogP contribution >= 0.6 is 0 Å². The number of methoxy groups -OCH3 is 1. The molecule has 0 radical (unpaired) electrons. The Balaban J connectivity index is 1.66. The second-order valence-corrected chi connectivity index (χ2v) is 8.74. The van der Waals surface area contributed by atoms with E-state index in [1.54, 1.807) is 6.07 Å². The predicted molar refractivity (Wildman–Crippen MR) is 104 cm³/mol. The van der Waals surface area contributed by atoms with Gasteiger partial charge in [0.05, 0.1) is 23.1 Å². The van der Waals surface area contributed by atoms with Gasteiger partial charge in [0, 0.05) is 25.1 Å². The molecule has 142 valence electrons. The average molecular weight is 387 g/mol. The second-order valence-electron chi connectivity index (χ2n) is 6.72. The maximum absolute atomic E-state index is 11.8. The first-order valence-electron chi connectivity index (χ1n) is 8.68. The molecule has 8 nitrogen and oxygen atoms in total. The van der Waals surface area contributed by atoms with Crippen LogP contribution in [0.3, 0.4) is 0 Å². The number of fused-ring (bicyclic) bond motifs is 1. The van der Waals surface area contributed by atoms with Gasteiger partial charge in [0.2, 0.25) is 5.95 Å². The van der Waals surface area contributed by atoms with E-state index in [1.165, 1.54) is 32.1 Å². The summed E-state index contributed by atoms with van der Waals surface area (Å²) in [5.74, 6) is 2.28. The number of aromatic nitrogens is 3. The van der Waals surface area contributed by atoms with Gasteiger partial charge in [0.1, 0.15) is 17.2 Å². The van der Waals surface area contributed by atoms with Crippen LogP contribution in [0.1, 0.15) is 12.8 Å². The van der Waals surface area contributed by atoms with Gasteiger partial charge in [-0.05, 0) is 37.0 Å². The van der Waals surface area contributed by atoms with Crippen molar-refractivity contribution < 1.29 is 13.2 Å². The molecule has 2 aromatic heterocycles. The molecule has 0 spiro atoms. The highest BCUT2D eigenvalue weighted by atomic mass is 32.2. The van der Waals surface area contributed by atoms with Gasteiger partial charge in [0.25, 0.3) is 0 Å². The number of sulfone groups is 1. The minimum atomic E-state index is -3.32. The molecule has 1 fully saturated rings. The number of ether oxygens (including phenoxy) is 1. The number of nitrogens with zero attached hydrogens (tertiary/aromatic N) is 2. The molecule has 1 saturated carbocycles. The van der Waals surface area contributed by atoms with E-state index in [0.717, 1.165) is 29.7 Å². The van der Waals surface area contributed by atoms with Crippen molar-refractivity contribution in [3.63, 3.8) is 0 Å². The number of benzene rings is 1. The van der Waals surface area contributed by atoms with Crippen LogP contribution in [0.25, 0.3) is 11.0 Å². The lowest BCUT2D eigenvalue weighted by atomic mass is 10.3. The van der Waals surface area contributed by atoms with E-state index in [2.05, 4.69) is 25.6 Å². The van der Waals surface area contributed by atoms with Gasteiger partial charge >= 0.3 is 0 Å². The van der Waals surface area contributed by atoms with Crippen LogP contribution in [0, 0.1) is 5.92 Å². The molecule has 1 aromatic carbocycles. The molecule has 0 aliphatic heterocycles. The van der Waals surface area contributed by atoms with Gasteiger partial charge in [-0.3, -0.25) is 0 Å². The predicted octanol–water partition coefficient (Wildman–Crippen LogP) is 2.94. The van der Waals surface area contributed by atoms with Crippen molar-refractivity contribution >= 4 is 38.3 Å². The molecule has 1 aliphatic rings. The molecule has 0 unspecified atom stereocenters. The first kappa shape index (κ1) is 17.6. The third kappa shape index (κ3) is 3.82. The first-order chi connectivity index (χ1) is 12.9. The van der Waals surface area contributed by atoms with Crippen molar-refractivity contribution in [3.8, 4) is 5.75 Å². The van der Waals surface area contributed by atoms with Crippen molar-refractivity contribution in [2.75, 3.05) is 30.5 Å². The maximum atomic E-state index is 11.8. The lowest BCUT2D eigenvalue weighted by Gasteiger charge is -2.13. The monoisotopic (exact) mass is 387 g/mol. The van der Waals surface area contributed by atoms with Gasteiger partial charge in [0.15, 0.2) is 9.84 Å². The second kappa shape index (κ2) is 6.73. The van der Waals surface area contributed by atoms with Crippen molar-refractivity contribution in [1.29, 1.82) is 0 Å². The molecular weight excluding hydrogens is 366 g/mol. The highest BCUT2D eigenvalue weighted by Gasteiger charge is 2.21. The van der Waals surface area contributed by atoms with Crippen molar-refractivity contribution in [2.45, 2.75) is 17.7 Å². The van der Waals surface area contributed by atoms with E-state index < -0.39 is 9.84 Å². The number of aromatic amines is 1. The molecule has 1 aliphatic carbocycles. The fourth-order valence-electron chi connectivity index (χ4n) is 2.82. The molecule has 3 N–H and O–H groups in total. The number of H-pyrrole nitrogens is 1. The summed E-state index contributed by atoms with van der Waals surface area (Å²) in [6.07, 6.45) is 5.49. The van der Waals surface area contributed by atoms with Gasteiger partial charge in [-0.15, -0.1) is 0 Å². The summed E-state index contributed by atoms with van der Waals surface area (Å²) in [7, 11) is -1.83. The van der Waals surface area contributed by atoms with Crippen LogP contribution in [0.2, 0.25) is 0 Å². The van der Waals surface area contributed by atoms with E-state index in [9.17, 15) is 8.42 Å². The van der Waals surface area contributed by atoms with Crippen LogP contribution in [-0.4, -0.2) is 43.3 Å². The van der Waals surface area contributed by atoms with E-state index in [4.69, 9.17) is 4.74 Å². The van der Waals surface area contributed by atoms with Crippen LogP contribution in [0.4, 0.5) is 17.5 Å². The van der Waals surface area contributed by atoms with Crippen LogP contribution < -0.4 is 15.4 Å². The van der Waals surface area contributed by atoms with Gasteiger partial charge in [-0.2, -0.15) is 9.97 Å². The Hall–Kier alpha value is -2.81. The van der Waals surface area contributed by atoms with Crippen LogP contribution in [0.5, 0.6) is 5.75 Å². The molecule has 0 amide bonds. The van der Waals surface area contributed by atoms with E-state index >= 15 is 0 Å². The van der Waals surface area contributed by atoms with E-state index in [0.29, 0.717) is 23.3 Å². The van der Waals surface area contributed by atoms with Crippen molar-refractivity contribution in [2.24, 2.45) is 5.92 Å². The number of rotatable bonds is 7. The Bertz CT molecular complexity index is 1090. The molecule has 0 atom stereocenters. The summed E-state index contributed by atoms with van der Waals surface area (Å²) in [6.45, 7) is 0.892. The standard InChI is InChI=1S/C18H21N5O3S/c1-26-15-9-12(27(2,24)25)5-6-14(15)21-18-22-16-13(7-8-19-16)17(23-18)20-10-11-3-4-11/h5-9,11H,3-4,10H2,1-2H3,(H3,19,20,21,22,23). The number of anilines is 3. The fraction of sp³-hybridized carbons (Fsp3) is 0.333. The topological polar surface area (TPSA) is 109 Å². The Kier molecular flexibility index (Phi) is 4.39. The molecule has 3 aromatic rings. The SMILES string of the molecule is COc1cc(S(C)(=O)=O)ccc1Nc1nc(NCC2CC2)c2cc[nH]c2n1. The third-order valence-electron chi connectivity index (χ3n) is 4.52. The van der Waals surface area contributed by atoms with E-state index in [1.807, 2.05) is 12.3 Å². The minimum absolute atomic E-state index is 0.192. The fourth-order valence-corrected chi connectivity index (χ4v) is 3.46. The molecule has 0 bridgehead atoms. The van der Waals surface area contributed by atoms with Crippen LogP contribution in [-0.2, 0) is 9.84 Å². The summed E-state index contributed by atoms with van der Waals surface area (Å²) in [5.41, 5.74) is 1.31. The summed E-state index contributed by atoms with van der Waals surface area (Å²) in [4.78, 5) is 12.4. The third-order valence-corrected chi connectivity index (χ3v) is 5.63. The molecular formula is C18H21N5O3S. The minimum Gasteiger partial charge on any atom is -0.495 e. The van der Waals surface area contributed by atoms with Gasteiger partial charge in [-0.25, -0.2) is 8.42 Å². The molecule has 4 rings (SSSR count). The zero-order valence-corrected chi connectivity index (χ0v) is 15.9. The Morgan fingerprint density at radius 2 is 2.07 bits per heavy atom. The summed E-state index contributed by atoms with van der Waals surface area (Å²) in [5, 5.41) is 7.45. The van der Waals surface area contributed by atoms with E-state index in [-0.39, 0.29) is 4.90 Å². The molecule has 2 heterocycles. The Morgan fingerprint density at radius 3 is 2.78 bits per heavy atom. The average Bonchev–Trinajstić information content (AvgIpc) is 3.34. The molecule has 9 heteroatoms. The number of hydrogen-bond acceptors (Lipinski definition) is 7. The zero-order valence-electron chi connectivity index (χ0n) is 15.1. The quantitative estimate of drug-likeness (QED) is 0.572. The van der Waals surface area contributed by atoms with Crippen molar-refractivity contribution in [1.82, 2.24) is 15.0 Å². The smallest absolute Gasteiger partial charge is 0.231 e. The molecule has 27 heavy (non-hydrogen) atoms. The van der Waals surface area contributed by atoms with Gasteiger partial charge < -0.3 is 20.4 Å². The van der Waals surface area contributed by atoms with Crippen LogP contribution in [0.15, 0.2) is 35.4 Å². The largest absolute Gasteiger partial charge is 0.495 e. The maximum Gasteiger partial charge on any atom is 0.231 e. The lowest BCUT2D eigenvalue weighted by molar-refractivity contribution is 0.415. The Morgan fingerprint density at radius 1 is 1.26 bits per heavy atom. The summed E-state index contributed by atoms with van der Waals surface area (Å²) < 4.78 is 28.8. The highest BCUT2D eigenvalue weighted by Crippen LogP contribution is 2.32. The lowest BCUT2D eigenvalue weighted by Crippen LogP contribution is -2.08.